The maximum absolute atomic E-state index is 9.37. The molecule has 0 saturated carbocycles. The fraction of sp³-hybridized carbons (Fsp3) is 0.625. The van der Waals surface area contributed by atoms with Crippen molar-refractivity contribution in [3.63, 3.8) is 0 Å². The molecular weight excluding hydrogens is 236 g/mol. The predicted molar refractivity (Wildman–Crippen MR) is 79.4 cm³/mol. The first-order chi connectivity index (χ1) is 9.20. The zero-order valence-corrected chi connectivity index (χ0v) is 12.1. The van der Waals surface area contributed by atoms with E-state index in [1.54, 1.807) is 12.1 Å². The molecular formula is C16H26N2O. The molecule has 0 spiro atoms. The zero-order chi connectivity index (χ0) is 13.7. The molecule has 1 aliphatic heterocycles. The lowest BCUT2D eigenvalue weighted by Crippen LogP contribution is -2.39. The Hall–Kier alpha value is -1.06. The van der Waals surface area contributed by atoms with Gasteiger partial charge >= 0.3 is 0 Å². The molecule has 2 unspecified atom stereocenters. The summed E-state index contributed by atoms with van der Waals surface area (Å²) >= 11 is 0. The molecule has 0 aromatic heterocycles. The summed E-state index contributed by atoms with van der Waals surface area (Å²) < 4.78 is 0. The number of phenols is 1. The molecule has 19 heavy (non-hydrogen) atoms. The van der Waals surface area contributed by atoms with E-state index in [9.17, 15) is 5.11 Å². The number of benzene rings is 1. The quantitative estimate of drug-likeness (QED) is 0.856. The lowest BCUT2D eigenvalue weighted by Gasteiger charge is -2.33. The average molecular weight is 262 g/mol. The Balaban J connectivity index is 1.97. The van der Waals surface area contributed by atoms with Crippen LogP contribution in [0.1, 0.15) is 38.3 Å². The van der Waals surface area contributed by atoms with E-state index in [-0.39, 0.29) is 0 Å². The Bertz CT molecular complexity index is 371. The van der Waals surface area contributed by atoms with E-state index in [0.29, 0.717) is 11.8 Å². The number of piperidine rings is 1. The number of nitrogens with one attached hydrogen (secondary N) is 1. The lowest BCUT2D eigenvalue weighted by atomic mass is 9.97. The smallest absolute Gasteiger partial charge is 0.115 e. The van der Waals surface area contributed by atoms with Crippen LogP contribution < -0.4 is 5.32 Å². The normalized spacial score (nSPS) is 21.5. The maximum atomic E-state index is 9.37. The van der Waals surface area contributed by atoms with E-state index < -0.39 is 0 Å². The highest BCUT2D eigenvalue weighted by atomic mass is 16.3. The summed E-state index contributed by atoms with van der Waals surface area (Å²) in [5.74, 6) is 1.11. The monoisotopic (exact) mass is 262 g/mol. The van der Waals surface area contributed by atoms with Crippen LogP contribution >= 0.6 is 0 Å². The molecule has 1 fully saturated rings. The predicted octanol–water partition coefficient (Wildman–Crippen LogP) is 2.77. The van der Waals surface area contributed by atoms with Crippen LogP contribution in [0.3, 0.4) is 0 Å². The van der Waals surface area contributed by atoms with Crippen LogP contribution in [0.15, 0.2) is 24.3 Å². The molecule has 0 bridgehead atoms. The number of hydrogen-bond donors (Lipinski definition) is 2. The summed E-state index contributed by atoms with van der Waals surface area (Å²) in [4.78, 5) is 2.53. The first-order valence-corrected chi connectivity index (χ1v) is 7.44. The van der Waals surface area contributed by atoms with Gasteiger partial charge in [0.25, 0.3) is 0 Å². The Kier molecular flexibility index (Phi) is 5.23. The van der Waals surface area contributed by atoms with E-state index in [4.69, 9.17) is 0 Å². The molecule has 0 amide bonds. The molecule has 2 atom stereocenters. The van der Waals surface area contributed by atoms with Crippen molar-refractivity contribution in [3.8, 4) is 5.75 Å². The third-order valence-corrected chi connectivity index (χ3v) is 4.22. The maximum Gasteiger partial charge on any atom is 0.115 e. The van der Waals surface area contributed by atoms with Gasteiger partial charge in [0.05, 0.1) is 0 Å². The summed E-state index contributed by atoms with van der Waals surface area (Å²) in [5, 5.41) is 12.9. The van der Waals surface area contributed by atoms with Crippen LogP contribution in [0.4, 0.5) is 0 Å². The molecule has 106 valence electrons. The van der Waals surface area contributed by atoms with Crippen molar-refractivity contribution in [2.75, 3.05) is 26.2 Å². The summed E-state index contributed by atoms with van der Waals surface area (Å²) in [5.41, 5.74) is 1.28. The van der Waals surface area contributed by atoms with E-state index in [1.165, 1.54) is 24.9 Å². The summed E-state index contributed by atoms with van der Waals surface area (Å²) in [7, 11) is 0. The summed E-state index contributed by atoms with van der Waals surface area (Å²) in [6, 6.07) is 8.03. The van der Waals surface area contributed by atoms with E-state index >= 15 is 0 Å². The van der Waals surface area contributed by atoms with Crippen LogP contribution in [-0.2, 0) is 0 Å². The zero-order valence-electron chi connectivity index (χ0n) is 12.1. The van der Waals surface area contributed by atoms with Crippen molar-refractivity contribution in [2.45, 2.75) is 32.7 Å². The number of aromatic hydroxyl groups is 1. The van der Waals surface area contributed by atoms with Gasteiger partial charge in [-0.15, -0.1) is 0 Å². The van der Waals surface area contributed by atoms with Crippen molar-refractivity contribution < 1.29 is 5.11 Å². The highest BCUT2D eigenvalue weighted by Gasteiger charge is 2.20. The molecule has 2 N–H and O–H groups in total. The summed E-state index contributed by atoms with van der Waals surface area (Å²) in [6.07, 6.45) is 2.64. The second-order valence-electron chi connectivity index (χ2n) is 5.57. The van der Waals surface area contributed by atoms with Crippen molar-refractivity contribution in [3.05, 3.63) is 29.8 Å². The Labute approximate surface area is 116 Å². The molecule has 3 heteroatoms. The minimum atomic E-state index is 0.343. The Morgan fingerprint density at radius 2 is 2.11 bits per heavy atom. The molecule has 1 aromatic rings. The third kappa shape index (κ3) is 3.95. The van der Waals surface area contributed by atoms with E-state index in [0.717, 1.165) is 25.6 Å². The minimum absolute atomic E-state index is 0.343. The molecule has 1 saturated heterocycles. The third-order valence-electron chi connectivity index (χ3n) is 4.22. The van der Waals surface area contributed by atoms with Gasteiger partial charge in [-0.2, -0.15) is 0 Å². The van der Waals surface area contributed by atoms with Crippen LogP contribution in [0, 0.1) is 5.92 Å². The molecule has 0 radical (unpaired) electrons. The first kappa shape index (κ1) is 14.4. The molecule has 2 rings (SSSR count). The highest BCUT2D eigenvalue weighted by Crippen LogP contribution is 2.24. The topological polar surface area (TPSA) is 35.5 Å². The number of nitrogens with zero attached hydrogens (tertiary/aromatic N) is 1. The fourth-order valence-corrected chi connectivity index (χ4v) is 2.94. The van der Waals surface area contributed by atoms with Gasteiger partial charge in [-0.1, -0.05) is 19.1 Å². The van der Waals surface area contributed by atoms with Crippen LogP contribution in [-0.4, -0.2) is 36.2 Å². The number of hydrogen-bond acceptors (Lipinski definition) is 3. The van der Waals surface area contributed by atoms with Gasteiger partial charge in [-0.25, -0.2) is 0 Å². The second-order valence-corrected chi connectivity index (χ2v) is 5.57. The number of phenolic OH excluding ortho intramolecular Hbond substituents is 1. The van der Waals surface area contributed by atoms with Gasteiger partial charge < -0.3 is 10.4 Å². The van der Waals surface area contributed by atoms with Crippen molar-refractivity contribution in [1.82, 2.24) is 10.2 Å². The number of rotatable bonds is 5. The van der Waals surface area contributed by atoms with Gasteiger partial charge in [0.1, 0.15) is 5.75 Å². The molecule has 1 aliphatic rings. The van der Waals surface area contributed by atoms with E-state index in [2.05, 4.69) is 24.1 Å². The first-order valence-electron chi connectivity index (χ1n) is 7.44. The average Bonchev–Trinajstić information content (AvgIpc) is 2.46. The molecule has 0 aliphatic carbocycles. The van der Waals surface area contributed by atoms with Gasteiger partial charge in [0.15, 0.2) is 0 Å². The van der Waals surface area contributed by atoms with Crippen LogP contribution in [0.2, 0.25) is 0 Å². The van der Waals surface area contributed by atoms with Crippen molar-refractivity contribution >= 4 is 0 Å². The second kappa shape index (κ2) is 6.92. The minimum Gasteiger partial charge on any atom is -0.508 e. The van der Waals surface area contributed by atoms with Crippen LogP contribution in [0.25, 0.3) is 0 Å². The lowest BCUT2D eigenvalue weighted by molar-refractivity contribution is 0.171. The van der Waals surface area contributed by atoms with Crippen LogP contribution in [0.5, 0.6) is 5.75 Å². The Morgan fingerprint density at radius 3 is 2.68 bits per heavy atom. The molecule has 1 heterocycles. The summed E-state index contributed by atoms with van der Waals surface area (Å²) in [6.45, 7) is 9.04. The molecule has 3 nitrogen and oxygen atoms in total. The van der Waals surface area contributed by atoms with Gasteiger partial charge in [0.2, 0.25) is 0 Å². The van der Waals surface area contributed by atoms with Crippen molar-refractivity contribution in [2.24, 2.45) is 5.92 Å². The Morgan fingerprint density at radius 1 is 1.37 bits per heavy atom. The molecule has 1 aromatic carbocycles. The van der Waals surface area contributed by atoms with Crippen molar-refractivity contribution in [1.29, 1.82) is 0 Å². The largest absolute Gasteiger partial charge is 0.508 e. The highest BCUT2D eigenvalue weighted by molar-refractivity contribution is 5.27. The SMILES string of the molecule is CCN(CC1CCCNC1)C(C)c1ccc(O)cc1. The van der Waals surface area contributed by atoms with Gasteiger partial charge in [-0.05, 0) is 63.0 Å². The van der Waals surface area contributed by atoms with Gasteiger partial charge in [0, 0.05) is 12.6 Å². The fourth-order valence-electron chi connectivity index (χ4n) is 2.94. The standard InChI is InChI=1S/C16H26N2O/c1-3-18(12-14-5-4-10-17-11-14)13(2)15-6-8-16(19)9-7-15/h6-9,13-14,17,19H,3-5,10-12H2,1-2H3. The van der Waals surface area contributed by atoms with E-state index in [1.807, 2.05) is 12.1 Å². The van der Waals surface area contributed by atoms with Gasteiger partial charge in [-0.3, -0.25) is 4.90 Å².